The monoisotopic (exact) mass is 680 g/mol. The van der Waals surface area contributed by atoms with Crippen LogP contribution in [0.4, 0.5) is 23.2 Å². The van der Waals surface area contributed by atoms with Gasteiger partial charge in [0.25, 0.3) is 5.91 Å². The van der Waals surface area contributed by atoms with Gasteiger partial charge in [-0.25, -0.2) is 4.39 Å². The van der Waals surface area contributed by atoms with E-state index in [9.17, 15) is 41.8 Å². The van der Waals surface area contributed by atoms with E-state index < -0.39 is 64.8 Å². The van der Waals surface area contributed by atoms with Gasteiger partial charge in [0.1, 0.15) is 17.5 Å². The first-order valence-electron chi connectivity index (χ1n) is 13.4. The zero-order chi connectivity index (χ0) is 34.4. The fourth-order valence-corrected chi connectivity index (χ4v) is 4.40. The van der Waals surface area contributed by atoms with Crippen LogP contribution < -0.4 is 15.4 Å². The van der Waals surface area contributed by atoms with Crippen molar-refractivity contribution in [3.05, 3.63) is 92.7 Å². The Morgan fingerprint density at radius 3 is 2.30 bits per heavy atom. The number of hydrogen-bond donors (Lipinski definition) is 3. The fraction of sp³-hybridized carbons (Fsp3) is 0.250. The second kappa shape index (κ2) is 14.7. The summed E-state index contributed by atoms with van der Waals surface area (Å²) in [5.74, 6) is -0.655. The van der Waals surface area contributed by atoms with Gasteiger partial charge in [-0.3, -0.25) is 19.2 Å². The predicted octanol–water partition coefficient (Wildman–Crippen LogP) is 6.76. The third-order valence-electron chi connectivity index (χ3n) is 6.25. The largest absolute Gasteiger partial charge is 0.483 e. The first-order valence-corrected chi connectivity index (χ1v) is 14.2. The van der Waals surface area contributed by atoms with Gasteiger partial charge in [0.05, 0.1) is 27.4 Å². The fourth-order valence-electron chi connectivity index (χ4n) is 4.00. The third-order valence-corrected chi connectivity index (χ3v) is 6.80. The van der Waals surface area contributed by atoms with Gasteiger partial charge in [-0.15, -0.1) is 0 Å². The summed E-state index contributed by atoms with van der Waals surface area (Å²) in [5.41, 5.74) is -2.74. The molecule has 0 aliphatic carbocycles. The molecule has 0 radical (unpaired) electrons. The van der Waals surface area contributed by atoms with Crippen molar-refractivity contribution in [2.24, 2.45) is 5.92 Å². The van der Waals surface area contributed by atoms with E-state index in [0.29, 0.717) is 17.7 Å². The molecule has 0 aliphatic heterocycles. The highest BCUT2D eigenvalue weighted by Gasteiger charge is 2.32. The number of anilines is 1. The maximum Gasteiger partial charge on any atom is 0.416 e. The molecule has 14 heteroatoms. The summed E-state index contributed by atoms with van der Waals surface area (Å²) in [7, 11) is 0. The molecule has 0 fully saturated rings. The number of carboxylic acid groups (broad SMARTS) is 1. The van der Waals surface area contributed by atoms with E-state index >= 15 is 0 Å². The highest BCUT2D eigenvalue weighted by Crippen LogP contribution is 2.32. The third kappa shape index (κ3) is 9.70. The Hall–Kier alpha value is -4.60. The van der Waals surface area contributed by atoms with Gasteiger partial charge in [0, 0.05) is 16.1 Å². The number of rotatable bonds is 10. The summed E-state index contributed by atoms with van der Waals surface area (Å²) in [6, 6.07) is 9.51. The number of ketones is 1. The Kier molecular flexibility index (Phi) is 11.4. The van der Waals surface area contributed by atoms with E-state index in [1.807, 2.05) is 0 Å². The molecule has 0 aromatic heterocycles. The molecule has 46 heavy (non-hydrogen) atoms. The minimum absolute atomic E-state index is 0.0405. The molecule has 3 N–H and O–H groups in total. The van der Waals surface area contributed by atoms with Gasteiger partial charge in [0.2, 0.25) is 5.91 Å². The number of nitrogens with one attached hydrogen (secondary N) is 2. The average Bonchev–Trinajstić information content (AvgIpc) is 2.95. The summed E-state index contributed by atoms with van der Waals surface area (Å²) in [6.45, 7) is 4.12. The number of carbonyl (C=O) groups excluding carboxylic acids is 3. The van der Waals surface area contributed by atoms with Crippen LogP contribution in [-0.2, 0) is 20.6 Å². The molecule has 242 valence electrons. The van der Waals surface area contributed by atoms with Crippen molar-refractivity contribution in [2.75, 3.05) is 11.9 Å². The van der Waals surface area contributed by atoms with Crippen LogP contribution in [-0.4, -0.2) is 40.8 Å². The lowest BCUT2D eigenvalue weighted by Gasteiger charge is -2.22. The average molecular weight is 681 g/mol. The quantitative estimate of drug-likeness (QED) is 0.0942. The first-order chi connectivity index (χ1) is 21.4. The molecule has 1 unspecified atom stereocenters. The Labute approximate surface area is 271 Å². The van der Waals surface area contributed by atoms with Crippen LogP contribution in [0.5, 0.6) is 5.75 Å². The number of alkyl halides is 3. The lowest BCUT2D eigenvalue weighted by atomic mass is 10.00. The first kappa shape index (κ1) is 35.9. The van der Waals surface area contributed by atoms with Crippen molar-refractivity contribution in [1.29, 1.82) is 0 Å². The molecular weight excluding hydrogens is 655 g/mol. The number of amides is 2. The second-order valence-electron chi connectivity index (χ2n) is 10.4. The van der Waals surface area contributed by atoms with Crippen LogP contribution in [0, 0.1) is 23.6 Å². The highest BCUT2D eigenvalue weighted by atomic mass is 35.5. The van der Waals surface area contributed by atoms with Gasteiger partial charge in [-0.1, -0.05) is 42.0 Å². The SMILES string of the molecule is CCC(C(=O)O)C(=O)NC(C)(C)C#Cc1ccc(NC(=O)COc2ccc(Cl)cc2C(=O)c2cc(F)cc(C(F)(F)F)c2)c(Cl)c1. The molecule has 0 spiro atoms. The summed E-state index contributed by atoms with van der Waals surface area (Å²) < 4.78 is 58.9. The van der Waals surface area contributed by atoms with E-state index in [1.54, 1.807) is 20.8 Å². The van der Waals surface area contributed by atoms with Crippen molar-refractivity contribution in [2.45, 2.75) is 38.9 Å². The number of carbonyl (C=O) groups is 4. The van der Waals surface area contributed by atoms with Crippen molar-refractivity contribution in [1.82, 2.24) is 5.32 Å². The van der Waals surface area contributed by atoms with E-state index in [-0.39, 0.29) is 39.5 Å². The number of aliphatic carboxylic acids is 1. The van der Waals surface area contributed by atoms with E-state index in [2.05, 4.69) is 22.5 Å². The zero-order valence-corrected chi connectivity index (χ0v) is 26.0. The van der Waals surface area contributed by atoms with Crippen LogP contribution >= 0.6 is 23.2 Å². The van der Waals surface area contributed by atoms with Gasteiger partial charge >= 0.3 is 12.1 Å². The maximum atomic E-state index is 13.9. The van der Waals surface area contributed by atoms with Gasteiger partial charge in [-0.2, -0.15) is 13.2 Å². The summed E-state index contributed by atoms with van der Waals surface area (Å²) in [4.78, 5) is 49.2. The minimum Gasteiger partial charge on any atom is -0.483 e. The predicted molar refractivity (Wildman–Crippen MR) is 162 cm³/mol. The summed E-state index contributed by atoms with van der Waals surface area (Å²) in [5, 5.41) is 14.4. The van der Waals surface area contributed by atoms with Crippen LogP contribution in [0.15, 0.2) is 54.6 Å². The zero-order valence-electron chi connectivity index (χ0n) is 24.4. The molecular formula is C32H26Cl2F4N2O6. The molecule has 3 rings (SSSR count). The standard InChI is InChI=1S/C32H26Cl2F4N2O6/c1-4-22(30(44)45)29(43)40-31(2,3)10-9-17-5-7-25(24(34)11-17)39-27(41)16-46-26-8-6-20(33)15-23(26)28(42)18-12-19(32(36,37)38)14-21(35)13-18/h5-8,11-15,22H,4,16H2,1-3H3,(H,39,41)(H,40,43)(H,44,45). The van der Waals surface area contributed by atoms with E-state index in [0.717, 1.165) is 6.07 Å². The molecule has 1 atom stereocenters. The lowest BCUT2D eigenvalue weighted by molar-refractivity contribution is -0.147. The molecule has 3 aromatic carbocycles. The van der Waals surface area contributed by atoms with Crippen LogP contribution in [0.2, 0.25) is 10.0 Å². The number of ether oxygens (including phenoxy) is 1. The Morgan fingerprint density at radius 2 is 1.70 bits per heavy atom. The Morgan fingerprint density at radius 1 is 1.00 bits per heavy atom. The van der Waals surface area contributed by atoms with Crippen molar-refractivity contribution < 1.29 is 46.6 Å². The molecule has 0 bridgehead atoms. The Bertz CT molecular complexity index is 1750. The van der Waals surface area contributed by atoms with Crippen molar-refractivity contribution in [3.63, 3.8) is 0 Å². The van der Waals surface area contributed by atoms with Crippen LogP contribution in [0.3, 0.4) is 0 Å². The van der Waals surface area contributed by atoms with Gasteiger partial charge in [0.15, 0.2) is 12.4 Å². The summed E-state index contributed by atoms with van der Waals surface area (Å²) >= 11 is 12.3. The van der Waals surface area contributed by atoms with Crippen molar-refractivity contribution in [3.8, 4) is 17.6 Å². The highest BCUT2D eigenvalue weighted by molar-refractivity contribution is 6.34. The summed E-state index contributed by atoms with van der Waals surface area (Å²) in [6.07, 6.45) is -4.79. The molecule has 0 aliphatic rings. The van der Waals surface area contributed by atoms with E-state index in [4.69, 9.17) is 27.9 Å². The van der Waals surface area contributed by atoms with Gasteiger partial charge in [-0.05, 0) is 74.9 Å². The van der Waals surface area contributed by atoms with Crippen LogP contribution in [0.1, 0.15) is 54.2 Å². The molecule has 0 saturated heterocycles. The number of benzene rings is 3. The second-order valence-corrected chi connectivity index (χ2v) is 11.2. The molecule has 2 amide bonds. The topological polar surface area (TPSA) is 122 Å². The maximum absolute atomic E-state index is 13.9. The lowest BCUT2D eigenvalue weighted by Crippen LogP contribution is -2.46. The van der Waals surface area contributed by atoms with Crippen molar-refractivity contribution >= 4 is 52.5 Å². The molecule has 8 nitrogen and oxygen atoms in total. The minimum atomic E-state index is -4.90. The van der Waals surface area contributed by atoms with Gasteiger partial charge < -0.3 is 20.5 Å². The molecule has 3 aromatic rings. The van der Waals surface area contributed by atoms with Crippen LogP contribution in [0.25, 0.3) is 0 Å². The molecule has 0 heterocycles. The molecule has 0 saturated carbocycles. The number of halogens is 6. The smallest absolute Gasteiger partial charge is 0.416 e. The number of hydrogen-bond acceptors (Lipinski definition) is 5. The Balaban J connectivity index is 1.71. The normalized spacial score (nSPS) is 11.9. The van der Waals surface area contributed by atoms with E-state index in [1.165, 1.54) is 30.3 Å². The number of carboxylic acids is 1.